The third kappa shape index (κ3) is 7.80. The van der Waals surface area contributed by atoms with Crippen LogP contribution in [0.4, 0.5) is 0 Å². The van der Waals surface area contributed by atoms with Crippen LogP contribution in [0.5, 0.6) is 5.88 Å². The average Bonchev–Trinajstić information content (AvgIpc) is 2.58. The van der Waals surface area contributed by atoms with E-state index in [1.807, 2.05) is 12.1 Å². The van der Waals surface area contributed by atoms with Crippen molar-refractivity contribution in [2.75, 3.05) is 26.2 Å². The molecule has 2 amide bonds. The maximum absolute atomic E-state index is 11.2. The first-order chi connectivity index (χ1) is 12.1. The number of ether oxygens (including phenoxy) is 1. The summed E-state index contributed by atoms with van der Waals surface area (Å²) >= 11 is 0. The van der Waals surface area contributed by atoms with Gasteiger partial charge in [-0.3, -0.25) is 14.5 Å². The zero-order chi connectivity index (χ0) is 17.9. The predicted molar refractivity (Wildman–Crippen MR) is 94.8 cm³/mol. The minimum atomic E-state index is -0.639. The largest absolute Gasteiger partial charge is 0.473 e. The molecule has 3 N–H and O–H groups in total. The SMILES string of the molecule is NC(=O)CC(=O)NCC=CCOc1cc(CN2CCCCC2)ccn1. The van der Waals surface area contributed by atoms with Crippen molar-refractivity contribution < 1.29 is 14.3 Å². The van der Waals surface area contributed by atoms with Gasteiger partial charge in [0.25, 0.3) is 0 Å². The van der Waals surface area contributed by atoms with Crippen molar-refractivity contribution in [2.24, 2.45) is 5.73 Å². The maximum atomic E-state index is 11.2. The van der Waals surface area contributed by atoms with Crippen LogP contribution in [0, 0.1) is 0 Å². The lowest BCUT2D eigenvalue weighted by atomic mass is 10.1. The van der Waals surface area contributed by atoms with Crippen molar-refractivity contribution in [2.45, 2.75) is 32.2 Å². The molecule has 2 rings (SSSR count). The van der Waals surface area contributed by atoms with E-state index in [2.05, 4.69) is 15.2 Å². The summed E-state index contributed by atoms with van der Waals surface area (Å²) in [4.78, 5) is 28.5. The number of hydrogen-bond donors (Lipinski definition) is 2. The molecule has 1 fully saturated rings. The van der Waals surface area contributed by atoms with Crippen molar-refractivity contribution >= 4 is 11.8 Å². The minimum absolute atomic E-state index is 0.294. The number of amides is 2. The molecule has 25 heavy (non-hydrogen) atoms. The molecule has 2 heterocycles. The smallest absolute Gasteiger partial charge is 0.229 e. The number of pyridine rings is 1. The van der Waals surface area contributed by atoms with Gasteiger partial charge in [0, 0.05) is 25.4 Å². The van der Waals surface area contributed by atoms with Crippen LogP contribution in [0.3, 0.4) is 0 Å². The molecular weight excluding hydrogens is 320 g/mol. The molecular formula is C18H26N4O3. The predicted octanol–water partition coefficient (Wildman–Crippen LogP) is 0.994. The van der Waals surface area contributed by atoms with Crippen molar-refractivity contribution in [1.29, 1.82) is 0 Å². The number of rotatable bonds is 9. The number of piperidine rings is 1. The Hall–Kier alpha value is -2.41. The fourth-order valence-electron chi connectivity index (χ4n) is 2.68. The molecule has 7 heteroatoms. The Balaban J connectivity index is 1.68. The van der Waals surface area contributed by atoms with Gasteiger partial charge in [0.2, 0.25) is 17.7 Å². The first kappa shape index (κ1) is 18.9. The summed E-state index contributed by atoms with van der Waals surface area (Å²) < 4.78 is 5.60. The molecule has 1 saturated heterocycles. The van der Waals surface area contributed by atoms with Gasteiger partial charge >= 0.3 is 0 Å². The molecule has 7 nitrogen and oxygen atoms in total. The van der Waals surface area contributed by atoms with E-state index in [1.54, 1.807) is 18.3 Å². The fraction of sp³-hybridized carbons (Fsp3) is 0.500. The highest BCUT2D eigenvalue weighted by atomic mass is 16.5. The Bertz CT molecular complexity index is 598. The van der Waals surface area contributed by atoms with Crippen LogP contribution in [-0.2, 0) is 16.1 Å². The lowest BCUT2D eigenvalue weighted by Crippen LogP contribution is -2.29. The second-order valence-corrected chi connectivity index (χ2v) is 6.07. The van der Waals surface area contributed by atoms with Gasteiger partial charge < -0.3 is 15.8 Å². The Morgan fingerprint density at radius 3 is 2.84 bits per heavy atom. The lowest BCUT2D eigenvalue weighted by Gasteiger charge is -2.26. The Kier molecular flexibility index (Phi) is 7.91. The van der Waals surface area contributed by atoms with E-state index in [-0.39, 0.29) is 12.3 Å². The quantitative estimate of drug-likeness (QED) is 0.513. The fourth-order valence-corrected chi connectivity index (χ4v) is 2.68. The van der Waals surface area contributed by atoms with Crippen LogP contribution in [0.2, 0.25) is 0 Å². The molecule has 0 aromatic carbocycles. The number of primary amides is 1. The topological polar surface area (TPSA) is 97.5 Å². The van der Waals surface area contributed by atoms with Gasteiger partial charge in [-0.15, -0.1) is 0 Å². The van der Waals surface area contributed by atoms with Crippen LogP contribution in [0.15, 0.2) is 30.5 Å². The summed E-state index contributed by atoms with van der Waals surface area (Å²) in [6, 6.07) is 3.99. The number of aromatic nitrogens is 1. The van der Waals surface area contributed by atoms with Crippen molar-refractivity contribution in [3.05, 3.63) is 36.0 Å². The van der Waals surface area contributed by atoms with E-state index >= 15 is 0 Å². The van der Waals surface area contributed by atoms with Crippen LogP contribution in [-0.4, -0.2) is 47.9 Å². The standard InChI is InChI=1S/C18H26N4O3/c19-16(23)13-17(24)20-7-2-5-11-25-18-12-15(6-8-21-18)14-22-9-3-1-4-10-22/h2,5-6,8,12H,1,3-4,7,9-11,13-14H2,(H2,19,23)(H,20,24). The molecule has 0 bridgehead atoms. The molecule has 1 aromatic rings. The number of nitrogens with one attached hydrogen (secondary N) is 1. The van der Waals surface area contributed by atoms with Gasteiger partial charge in [-0.2, -0.15) is 0 Å². The lowest BCUT2D eigenvalue weighted by molar-refractivity contribution is -0.127. The van der Waals surface area contributed by atoms with Crippen LogP contribution in [0.25, 0.3) is 0 Å². The highest BCUT2D eigenvalue weighted by Gasteiger charge is 2.10. The van der Waals surface area contributed by atoms with E-state index in [0.29, 0.717) is 19.0 Å². The van der Waals surface area contributed by atoms with Crippen LogP contribution < -0.4 is 15.8 Å². The van der Waals surface area contributed by atoms with E-state index < -0.39 is 5.91 Å². The molecule has 0 spiro atoms. The summed E-state index contributed by atoms with van der Waals surface area (Å²) in [6.07, 6.45) is 8.90. The van der Waals surface area contributed by atoms with Gasteiger partial charge in [-0.1, -0.05) is 12.5 Å². The normalized spacial score (nSPS) is 15.2. The molecule has 0 saturated carbocycles. The molecule has 0 atom stereocenters. The Morgan fingerprint density at radius 1 is 1.28 bits per heavy atom. The Labute approximate surface area is 148 Å². The van der Waals surface area contributed by atoms with E-state index in [9.17, 15) is 9.59 Å². The van der Waals surface area contributed by atoms with E-state index in [1.165, 1.54) is 24.8 Å². The van der Waals surface area contributed by atoms with Crippen molar-refractivity contribution in [1.82, 2.24) is 15.2 Å². The Morgan fingerprint density at radius 2 is 2.08 bits per heavy atom. The molecule has 0 aliphatic carbocycles. The molecule has 1 aromatic heterocycles. The number of likely N-dealkylation sites (tertiary alicyclic amines) is 1. The molecule has 1 aliphatic heterocycles. The van der Waals surface area contributed by atoms with Gasteiger partial charge in [-0.25, -0.2) is 4.98 Å². The number of hydrogen-bond acceptors (Lipinski definition) is 5. The first-order valence-electron chi connectivity index (χ1n) is 8.63. The number of carbonyl (C=O) groups excluding carboxylic acids is 2. The number of nitrogens with zero attached hydrogens (tertiary/aromatic N) is 2. The summed E-state index contributed by atoms with van der Waals surface area (Å²) in [6.45, 7) is 3.94. The summed E-state index contributed by atoms with van der Waals surface area (Å²) in [7, 11) is 0. The summed E-state index contributed by atoms with van der Waals surface area (Å²) in [5, 5.41) is 2.56. The zero-order valence-electron chi connectivity index (χ0n) is 14.4. The maximum Gasteiger partial charge on any atom is 0.229 e. The van der Waals surface area contributed by atoms with E-state index in [0.717, 1.165) is 19.6 Å². The van der Waals surface area contributed by atoms with Gasteiger partial charge in [0.15, 0.2) is 0 Å². The second kappa shape index (κ2) is 10.5. The summed E-state index contributed by atoms with van der Waals surface area (Å²) in [5.74, 6) is -0.428. The highest BCUT2D eigenvalue weighted by Crippen LogP contribution is 2.15. The van der Waals surface area contributed by atoms with Crippen molar-refractivity contribution in [3.63, 3.8) is 0 Å². The third-order valence-corrected chi connectivity index (χ3v) is 3.90. The average molecular weight is 346 g/mol. The van der Waals surface area contributed by atoms with Crippen molar-refractivity contribution in [3.8, 4) is 5.88 Å². The third-order valence-electron chi connectivity index (χ3n) is 3.90. The highest BCUT2D eigenvalue weighted by molar-refractivity contribution is 5.96. The minimum Gasteiger partial charge on any atom is -0.473 e. The van der Waals surface area contributed by atoms with Crippen LogP contribution >= 0.6 is 0 Å². The van der Waals surface area contributed by atoms with E-state index in [4.69, 9.17) is 10.5 Å². The zero-order valence-corrected chi connectivity index (χ0v) is 14.4. The molecule has 0 radical (unpaired) electrons. The molecule has 0 unspecified atom stereocenters. The molecule has 136 valence electrons. The van der Waals surface area contributed by atoms with Crippen LogP contribution in [0.1, 0.15) is 31.2 Å². The first-order valence-corrected chi connectivity index (χ1v) is 8.63. The van der Waals surface area contributed by atoms with Gasteiger partial charge in [0.05, 0.1) is 0 Å². The molecule has 1 aliphatic rings. The monoisotopic (exact) mass is 346 g/mol. The van der Waals surface area contributed by atoms with Gasteiger partial charge in [-0.05, 0) is 43.6 Å². The van der Waals surface area contributed by atoms with Gasteiger partial charge in [0.1, 0.15) is 13.0 Å². The summed E-state index contributed by atoms with van der Waals surface area (Å²) in [5.41, 5.74) is 6.14. The number of nitrogens with two attached hydrogens (primary N) is 1. The number of carbonyl (C=O) groups is 2. The second-order valence-electron chi connectivity index (χ2n) is 6.07.